The number of hydrogen-bond acceptors (Lipinski definition) is 3. The number of Topliss-reactive ketones (excluding diaryl/α,β-unsaturated/α-hetero) is 1. The van der Waals surface area contributed by atoms with Crippen molar-refractivity contribution < 1.29 is 14.3 Å². The van der Waals surface area contributed by atoms with Gasteiger partial charge in [-0.25, -0.2) is 0 Å². The number of ether oxygens (including phenoxy) is 2. The highest BCUT2D eigenvalue weighted by Crippen LogP contribution is 2.40. The van der Waals surface area contributed by atoms with Crippen LogP contribution in [0.15, 0.2) is 66.4 Å². The normalized spacial score (nSPS) is 14.1. The molecule has 3 aromatic carbocycles. The van der Waals surface area contributed by atoms with E-state index in [0.717, 1.165) is 11.1 Å². The first-order valence-corrected chi connectivity index (χ1v) is 9.49. The van der Waals surface area contributed by atoms with Gasteiger partial charge in [-0.1, -0.05) is 59.6 Å². The van der Waals surface area contributed by atoms with Crippen molar-refractivity contribution in [3.8, 4) is 11.5 Å². The van der Waals surface area contributed by atoms with Crippen LogP contribution in [0.25, 0.3) is 6.08 Å². The molecule has 1 heterocycles. The van der Waals surface area contributed by atoms with Gasteiger partial charge in [0.15, 0.2) is 5.76 Å². The summed E-state index contributed by atoms with van der Waals surface area (Å²) in [5, 5.41) is 0.909. The largest absolute Gasteiger partial charge is 0.488 e. The van der Waals surface area contributed by atoms with E-state index in [1.807, 2.05) is 37.3 Å². The molecule has 0 fully saturated rings. The Bertz CT molecular complexity index is 1070. The summed E-state index contributed by atoms with van der Waals surface area (Å²) in [4.78, 5) is 12.7. The molecule has 3 aromatic rings. The maximum absolute atomic E-state index is 12.7. The lowest BCUT2D eigenvalue weighted by Gasteiger charge is -2.11. The molecule has 0 N–H and O–H groups in total. The van der Waals surface area contributed by atoms with Crippen LogP contribution in [-0.4, -0.2) is 5.78 Å². The van der Waals surface area contributed by atoms with Crippen molar-refractivity contribution >= 4 is 35.1 Å². The third-order valence-electron chi connectivity index (χ3n) is 4.55. The Kier molecular flexibility index (Phi) is 5.12. The predicted octanol–water partition coefficient (Wildman–Crippen LogP) is 6.50. The number of halogens is 2. The Labute approximate surface area is 173 Å². The summed E-state index contributed by atoms with van der Waals surface area (Å²) in [6.45, 7) is 2.31. The van der Waals surface area contributed by atoms with Crippen LogP contribution in [-0.2, 0) is 6.61 Å². The number of carbonyl (C=O) groups is 1. The molecule has 0 bridgehead atoms. The summed E-state index contributed by atoms with van der Waals surface area (Å²) < 4.78 is 11.8. The minimum absolute atomic E-state index is 0.188. The molecule has 0 amide bonds. The molecule has 0 aliphatic carbocycles. The molecule has 0 saturated heterocycles. The molecule has 0 aromatic heterocycles. The van der Waals surface area contributed by atoms with Crippen molar-refractivity contribution in [1.82, 2.24) is 0 Å². The van der Waals surface area contributed by atoms with E-state index in [-0.39, 0.29) is 11.5 Å². The fourth-order valence-corrected chi connectivity index (χ4v) is 3.55. The Morgan fingerprint density at radius 3 is 2.39 bits per heavy atom. The Hall–Kier alpha value is -2.75. The lowest BCUT2D eigenvalue weighted by molar-refractivity contribution is 0.101. The van der Waals surface area contributed by atoms with Gasteiger partial charge in [0.25, 0.3) is 0 Å². The molecule has 5 heteroatoms. The third-order valence-corrected chi connectivity index (χ3v) is 5.21. The number of allylic oxidation sites excluding steroid dienone is 1. The molecule has 0 radical (unpaired) electrons. The number of fused-ring (bicyclic) bond motifs is 1. The van der Waals surface area contributed by atoms with Crippen LogP contribution in [0, 0.1) is 6.92 Å². The predicted molar refractivity (Wildman–Crippen MR) is 111 cm³/mol. The number of carbonyl (C=O) groups excluding carboxylic acids is 1. The average Bonchev–Trinajstić information content (AvgIpc) is 3.02. The Morgan fingerprint density at radius 2 is 1.68 bits per heavy atom. The SMILES string of the molecule is Cc1c(OCc2ccccc2)ccc2c1O/C(=C\c1c(Cl)cccc1Cl)C2=O. The van der Waals surface area contributed by atoms with E-state index in [1.54, 1.807) is 36.4 Å². The molecule has 0 spiro atoms. The summed E-state index contributed by atoms with van der Waals surface area (Å²) in [7, 11) is 0. The van der Waals surface area contributed by atoms with Gasteiger partial charge in [0.1, 0.15) is 18.1 Å². The van der Waals surface area contributed by atoms with Crippen molar-refractivity contribution in [3.63, 3.8) is 0 Å². The van der Waals surface area contributed by atoms with Crippen LogP contribution in [0.2, 0.25) is 10.0 Å². The Morgan fingerprint density at radius 1 is 0.964 bits per heavy atom. The van der Waals surface area contributed by atoms with Gasteiger partial charge in [-0.2, -0.15) is 0 Å². The van der Waals surface area contributed by atoms with Crippen LogP contribution in [0.3, 0.4) is 0 Å². The quantitative estimate of drug-likeness (QED) is 0.460. The second kappa shape index (κ2) is 7.70. The zero-order valence-corrected chi connectivity index (χ0v) is 16.6. The highest BCUT2D eigenvalue weighted by Gasteiger charge is 2.30. The lowest BCUT2D eigenvalue weighted by atomic mass is 10.1. The average molecular weight is 411 g/mol. The van der Waals surface area contributed by atoms with Crippen LogP contribution in [0.5, 0.6) is 11.5 Å². The number of rotatable bonds is 4. The van der Waals surface area contributed by atoms with Crippen LogP contribution in [0.1, 0.15) is 27.0 Å². The van der Waals surface area contributed by atoms with Crippen molar-refractivity contribution in [2.75, 3.05) is 0 Å². The molecule has 0 atom stereocenters. The Balaban J connectivity index is 1.62. The van der Waals surface area contributed by atoms with Crippen molar-refractivity contribution in [2.45, 2.75) is 13.5 Å². The molecule has 1 aliphatic rings. The van der Waals surface area contributed by atoms with Gasteiger partial charge in [-0.05, 0) is 42.8 Å². The van der Waals surface area contributed by atoms with Crippen molar-refractivity contribution in [1.29, 1.82) is 0 Å². The van der Waals surface area contributed by atoms with Gasteiger partial charge in [0, 0.05) is 21.2 Å². The second-order valence-electron chi connectivity index (χ2n) is 6.41. The molecule has 1 aliphatic heterocycles. The first-order chi connectivity index (χ1) is 13.5. The molecule has 4 rings (SSSR count). The van der Waals surface area contributed by atoms with Gasteiger partial charge in [-0.15, -0.1) is 0 Å². The monoisotopic (exact) mass is 410 g/mol. The summed E-state index contributed by atoms with van der Waals surface area (Å²) in [6, 6.07) is 18.6. The first-order valence-electron chi connectivity index (χ1n) is 8.73. The molecule has 140 valence electrons. The van der Waals surface area contributed by atoms with E-state index in [0.29, 0.717) is 39.3 Å². The van der Waals surface area contributed by atoms with Crippen molar-refractivity contribution in [2.24, 2.45) is 0 Å². The van der Waals surface area contributed by atoms with Crippen LogP contribution >= 0.6 is 23.2 Å². The first kappa shape index (κ1) is 18.6. The van der Waals surface area contributed by atoms with Gasteiger partial charge in [-0.3, -0.25) is 4.79 Å². The summed E-state index contributed by atoms with van der Waals surface area (Å²) >= 11 is 12.4. The van der Waals surface area contributed by atoms with E-state index >= 15 is 0 Å². The minimum atomic E-state index is -0.205. The minimum Gasteiger partial charge on any atom is -0.488 e. The standard InChI is InChI=1S/C23H16Cl2O3/c1-14-20(27-13-15-6-3-2-4-7-15)11-10-16-22(26)21(28-23(14)16)12-17-18(24)8-5-9-19(17)25/h2-12H,13H2,1H3/b21-12-. The summed E-state index contributed by atoms with van der Waals surface area (Å²) in [6.07, 6.45) is 1.58. The van der Waals surface area contributed by atoms with E-state index in [4.69, 9.17) is 32.7 Å². The maximum atomic E-state index is 12.7. The van der Waals surface area contributed by atoms with Crippen LogP contribution in [0.4, 0.5) is 0 Å². The number of ketones is 1. The van der Waals surface area contributed by atoms with E-state index < -0.39 is 0 Å². The third kappa shape index (κ3) is 3.51. The molecule has 0 saturated carbocycles. The smallest absolute Gasteiger partial charge is 0.231 e. The zero-order valence-electron chi connectivity index (χ0n) is 15.0. The zero-order chi connectivity index (χ0) is 19.7. The van der Waals surface area contributed by atoms with E-state index in [1.165, 1.54) is 0 Å². The van der Waals surface area contributed by atoms with E-state index in [2.05, 4.69) is 0 Å². The second-order valence-corrected chi connectivity index (χ2v) is 7.23. The number of hydrogen-bond donors (Lipinski definition) is 0. The topological polar surface area (TPSA) is 35.5 Å². The fourth-order valence-electron chi connectivity index (χ4n) is 3.04. The van der Waals surface area contributed by atoms with Gasteiger partial charge < -0.3 is 9.47 Å². The van der Waals surface area contributed by atoms with Crippen LogP contribution < -0.4 is 9.47 Å². The summed E-state index contributed by atoms with van der Waals surface area (Å²) in [5.74, 6) is 1.16. The molecule has 3 nitrogen and oxygen atoms in total. The highest BCUT2D eigenvalue weighted by molar-refractivity contribution is 6.37. The highest BCUT2D eigenvalue weighted by atomic mass is 35.5. The summed E-state index contributed by atoms with van der Waals surface area (Å²) in [5.41, 5.74) is 2.89. The van der Waals surface area contributed by atoms with Gasteiger partial charge in [0.2, 0.25) is 5.78 Å². The van der Waals surface area contributed by atoms with Crippen molar-refractivity contribution in [3.05, 3.63) is 98.7 Å². The van der Waals surface area contributed by atoms with Gasteiger partial charge in [0.05, 0.1) is 5.56 Å². The maximum Gasteiger partial charge on any atom is 0.231 e. The number of benzene rings is 3. The fraction of sp³-hybridized carbons (Fsp3) is 0.0870. The lowest BCUT2D eigenvalue weighted by Crippen LogP contribution is -1.98. The molecular formula is C23H16Cl2O3. The van der Waals surface area contributed by atoms with E-state index in [9.17, 15) is 4.79 Å². The molecular weight excluding hydrogens is 395 g/mol. The molecule has 0 unspecified atom stereocenters. The molecule has 28 heavy (non-hydrogen) atoms. The van der Waals surface area contributed by atoms with Gasteiger partial charge >= 0.3 is 0 Å².